The Morgan fingerprint density at radius 1 is 1.30 bits per heavy atom. The van der Waals surface area contributed by atoms with Crippen LogP contribution >= 0.6 is 0 Å². The number of ether oxygens (including phenoxy) is 2. The van der Waals surface area contributed by atoms with Crippen LogP contribution in [0.1, 0.15) is 5.56 Å². The largest absolute Gasteiger partial charge is 0.488 e. The van der Waals surface area contributed by atoms with Crippen LogP contribution in [-0.4, -0.2) is 47.6 Å². The predicted molar refractivity (Wildman–Crippen MR) is 73.1 cm³/mol. The molecule has 0 spiro atoms. The van der Waals surface area contributed by atoms with E-state index in [-0.39, 0.29) is 19.8 Å². The lowest BCUT2D eigenvalue weighted by Crippen LogP contribution is -2.29. The molecule has 0 aromatic heterocycles. The van der Waals surface area contributed by atoms with Gasteiger partial charge in [0.25, 0.3) is 0 Å². The Morgan fingerprint density at radius 2 is 1.95 bits per heavy atom. The third-order valence-electron chi connectivity index (χ3n) is 2.44. The third-order valence-corrected chi connectivity index (χ3v) is 2.44. The Kier molecular flexibility index (Phi) is 6.96. The van der Waals surface area contributed by atoms with Crippen LogP contribution in [0.5, 0.6) is 0 Å². The van der Waals surface area contributed by atoms with E-state index in [1.165, 1.54) is 0 Å². The Labute approximate surface area is 117 Å². The first-order chi connectivity index (χ1) is 9.52. The quantitative estimate of drug-likeness (QED) is 0.320. The second kappa shape index (κ2) is 8.49. The molecule has 0 heterocycles. The number of hydrogen-bond donors (Lipinski definition) is 3. The first kappa shape index (κ1) is 16.4. The minimum absolute atomic E-state index is 0.0226. The van der Waals surface area contributed by atoms with Gasteiger partial charge in [-0.05, 0) is 11.0 Å². The first-order valence-corrected chi connectivity index (χ1v) is 6.03. The molecule has 1 atom stereocenters. The molecular formula is C13H17BO6. The fourth-order valence-electron chi connectivity index (χ4n) is 1.38. The van der Waals surface area contributed by atoms with E-state index in [1.54, 1.807) is 24.3 Å². The fraction of sp³-hybridized carbons (Fsp3) is 0.308. The normalized spacial score (nSPS) is 11.8. The molecule has 7 heteroatoms. The zero-order valence-electron chi connectivity index (χ0n) is 10.9. The van der Waals surface area contributed by atoms with Crippen LogP contribution in [0.25, 0.3) is 0 Å². The number of aliphatic hydroxyl groups is 1. The van der Waals surface area contributed by atoms with Crippen LogP contribution in [0.15, 0.2) is 36.9 Å². The van der Waals surface area contributed by atoms with Gasteiger partial charge in [-0.15, -0.1) is 0 Å². The van der Waals surface area contributed by atoms with Gasteiger partial charge >= 0.3 is 13.1 Å². The molecule has 1 unspecified atom stereocenters. The Hall–Kier alpha value is -1.67. The molecule has 0 saturated heterocycles. The van der Waals surface area contributed by atoms with E-state index in [0.717, 1.165) is 11.6 Å². The lowest BCUT2D eigenvalue weighted by Gasteiger charge is -2.11. The van der Waals surface area contributed by atoms with Gasteiger partial charge in [0.1, 0.15) is 12.7 Å². The van der Waals surface area contributed by atoms with Crippen molar-refractivity contribution in [1.82, 2.24) is 0 Å². The topological polar surface area (TPSA) is 96.2 Å². The molecule has 0 radical (unpaired) electrons. The Bertz CT molecular complexity index is 431. The highest BCUT2D eigenvalue weighted by atomic mass is 16.5. The number of hydrogen-bond acceptors (Lipinski definition) is 6. The predicted octanol–water partition coefficient (Wildman–Crippen LogP) is -1.03. The molecule has 1 aromatic rings. The van der Waals surface area contributed by atoms with E-state index in [1.807, 2.05) is 0 Å². The molecule has 108 valence electrons. The van der Waals surface area contributed by atoms with Gasteiger partial charge in [0.15, 0.2) is 0 Å². The number of aliphatic hydroxyl groups excluding tert-OH is 1. The molecule has 0 aliphatic heterocycles. The van der Waals surface area contributed by atoms with Gasteiger partial charge in [-0.2, -0.15) is 0 Å². The molecule has 1 aromatic carbocycles. The molecular weight excluding hydrogens is 263 g/mol. The summed E-state index contributed by atoms with van der Waals surface area (Å²) in [7, 11) is -1.49. The average molecular weight is 280 g/mol. The van der Waals surface area contributed by atoms with Gasteiger partial charge < -0.3 is 24.6 Å². The van der Waals surface area contributed by atoms with E-state index in [4.69, 9.17) is 14.8 Å². The smallest absolute Gasteiger partial charge is 0.460 e. The van der Waals surface area contributed by atoms with E-state index in [0.29, 0.717) is 5.46 Å². The van der Waals surface area contributed by atoms with Crippen molar-refractivity contribution >= 4 is 18.6 Å². The highest BCUT2D eigenvalue weighted by Crippen LogP contribution is 2.01. The summed E-state index contributed by atoms with van der Waals surface area (Å²) in [5, 5.41) is 27.3. The molecule has 0 bridgehead atoms. The lowest BCUT2D eigenvalue weighted by atomic mass is 9.80. The monoisotopic (exact) mass is 280 g/mol. The van der Waals surface area contributed by atoms with Gasteiger partial charge in [0, 0.05) is 6.08 Å². The summed E-state index contributed by atoms with van der Waals surface area (Å²) < 4.78 is 9.91. The van der Waals surface area contributed by atoms with Crippen LogP contribution in [0.2, 0.25) is 0 Å². The summed E-state index contributed by atoms with van der Waals surface area (Å²) in [4.78, 5) is 10.8. The summed E-state index contributed by atoms with van der Waals surface area (Å²) in [5.41, 5.74) is 1.22. The van der Waals surface area contributed by atoms with Crippen LogP contribution in [0, 0.1) is 0 Å². The van der Waals surface area contributed by atoms with Crippen LogP contribution < -0.4 is 5.46 Å². The van der Waals surface area contributed by atoms with Gasteiger partial charge in [0.2, 0.25) is 0 Å². The van der Waals surface area contributed by atoms with Crippen LogP contribution in [0.3, 0.4) is 0 Å². The van der Waals surface area contributed by atoms with Crippen molar-refractivity contribution in [3.63, 3.8) is 0 Å². The zero-order chi connectivity index (χ0) is 15.0. The Balaban J connectivity index is 2.26. The third kappa shape index (κ3) is 5.98. The number of rotatable bonds is 8. The molecule has 0 amide bonds. The highest BCUT2D eigenvalue weighted by molar-refractivity contribution is 6.58. The minimum atomic E-state index is -1.49. The number of carbonyl (C=O) groups is 1. The fourth-order valence-corrected chi connectivity index (χ4v) is 1.38. The molecule has 0 aliphatic carbocycles. The minimum Gasteiger partial charge on any atom is -0.460 e. The first-order valence-electron chi connectivity index (χ1n) is 6.03. The Morgan fingerprint density at radius 3 is 2.50 bits per heavy atom. The molecule has 0 aliphatic rings. The second-order valence-electron chi connectivity index (χ2n) is 4.12. The summed E-state index contributed by atoms with van der Waals surface area (Å²) in [6.07, 6.45) is 0.113. The van der Waals surface area contributed by atoms with E-state index >= 15 is 0 Å². The summed E-state index contributed by atoms with van der Waals surface area (Å²) in [5.74, 6) is -0.595. The zero-order valence-corrected chi connectivity index (χ0v) is 10.9. The van der Waals surface area contributed by atoms with Crippen molar-refractivity contribution in [2.24, 2.45) is 0 Å². The lowest BCUT2D eigenvalue weighted by molar-refractivity contribution is -0.141. The summed E-state index contributed by atoms with van der Waals surface area (Å²) >= 11 is 0. The van der Waals surface area contributed by atoms with E-state index in [9.17, 15) is 9.90 Å². The molecule has 0 fully saturated rings. The average Bonchev–Trinajstić information content (AvgIpc) is 2.45. The summed E-state index contributed by atoms with van der Waals surface area (Å²) in [6, 6.07) is 6.54. The second-order valence-corrected chi connectivity index (χ2v) is 4.12. The van der Waals surface area contributed by atoms with Crippen molar-refractivity contribution < 1.29 is 29.4 Å². The maximum atomic E-state index is 10.8. The van der Waals surface area contributed by atoms with Gasteiger partial charge in [0.05, 0.1) is 13.2 Å². The SMILES string of the molecule is C=CC(=O)OCC(O)COCc1ccc(B(O)O)cc1. The van der Waals surface area contributed by atoms with E-state index in [2.05, 4.69) is 11.3 Å². The highest BCUT2D eigenvalue weighted by Gasteiger charge is 2.10. The summed E-state index contributed by atoms with van der Waals surface area (Å²) in [6.45, 7) is 3.37. The number of carbonyl (C=O) groups excluding carboxylic acids is 1. The van der Waals surface area contributed by atoms with Gasteiger partial charge in [-0.25, -0.2) is 4.79 Å². The molecule has 0 saturated carbocycles. The molecule has 1 rings (SSSR count). The molecule has 20 heavy (non-hydrogen) atoms. The number of benzene rings is 1. The van der Waals surface area contributed by atoms with Gasteiger partial charge in [-0.3, -0.25) is 0 Å². The number of esters is 1. The van der Waals surface area contributed by atoms with E-state index < -0.39 is 19.2 Å². The van der Waals surface area contributed by atoms with Crippen molar-refractivity contribution in [2.45, 2.75) is 12.7 Å². The van der Waals surface area contributed by atoms with Crippen LogP contribution in [0.4, 0.5) is 0 Å². The molecule has 6 nitrogen and oxygen atoms in total. The van der Waals surface area contributed by atoms with Crippen LogP contribution in [-0.2, 0) is 20.9 Å². The van der Waals surface area contributed by atoms with Crippen molar-refractivity contribution in [1.29, 1.82) is 0 Å². The van der Waals surface area contributed by atoms with Crippen molar-refractivity contribution in [2.75, 3.05) is 13.2 Å². The maximum absolute atomic E-state index is 10.8. The maximum Gasteiger partial charge on any atom is 0.488 e. The van der Waals surface area contributed by atoms with Gasteiger partial charge in [-0.1, -0.05) is 30.8 Å². The molecule has 3 N–H and O–H groups in total. The van der Waals surface area contributed by atoms with Crippen molar-refractivity contribution in [3.05, 3.63) is 42.5 Å². The van der Waals surface area contributed by atoms with Crippen molar-refractivity contribution in [3.8, 4) is 0 Å². The standard InChI is InChI=1S/C13H17BO6/c1-2-13(16)20-9-12(15)8-19-7-10-3-5-11(6-4-10)14(17)18/h2-6,12,15,17-18H,1,7-9H2.